The molecule has 0 bridgehead atoms. The summed E-state index contributed by atoms with van der Waals surface area (Å²) in [6.07, 6.45) is -1.29. The van der Waals surface area contributed by atoms with Gasteiger partial charge in [-0.25, -0.2) is 0 Å². The standard InChI is InChI=1S/C11H13O3/c1-14-11(13)10-8-5-3-2-4-7(8)6-9(10)12/h2-5,9-11,13H,6H2,1H3/q-1. The van der Waals surface area contributed by atoms with Gasteiger partial charge in [0.2, 0.25) is 0 Å². The minimum absolute atomic E-state index is 0.420. The van der Waals surface area contributed by atoms with Crippen LogP contribution >= 0.6 is 0 Å². The van der Waals surface area contributed by atoms with Gasteiger partial charge in [0.05, 0.1) is 0 Å². The molecule has 3 nitrogen and oxygen atoms in total. The first-order valence-corrected chi connectivity index (χ1v) is 4.68. The second-order valence-electron chi connectivity index (χ2n) is 3.59. The van der Waals surface area contributed by atoms with Crippen molar-refractivity contribution in [3.05, 3.63) is 35.4 Å². The van der Waals surface area contributed by atoms with E-state index in [4.69, 9.17) is 4.74 Å². The van der Waals surface area contributed by atoms with Crippen LogP contribution in [0.5, 0.6) is 0 Å². The van der Waals surface area contributed by atoms with E-state index in [1.807, 2.05) is 24.3 Å². The lowest BCUT2D eigenvalue weighted by molar-refractivity contribution is -0.430. The summed E-state index contributed by atoms with van der Waals surface area (Å²) in [6, 6.07) is 7.61. The molecule has 3 unspecified atom stereocenters. The minimum Gasteiger partial charge on any atom is -0.851 e. The molecule has 0 heterocycles. The molecule has 1 aliphatic carbocycles. The highest BCUT2D eigenvalue weighted by Crippen LogP contribution is 2.34. The number of hydrogen-bond donors (Lipinski definition) is 1. The van der Waals surface area contributed by atoms with Gasteiger partial charge in [0.15, 0.2) is 6.29 Å². The van der Waals surface area contributed by atoms with Crippen molar-refractivity contribution in [3.63, 3.8) is 0 Å². The molecule has 3 atom stereocenters. The van der Waals surface area contributed by atoms with Gasteiger partial charge in [0.25, 0.3) is 0 Å². The highest BCUT2D eigenvalue weighted by atomic mass is 16.6. The Labute approximate surface area is 83.0 Å². The van der Waals surface area contributed by atoms with Crippen molar-refractivity contribution in [2.75, 3.05) is 7.11 Å². The third-order valence-electron chi connectivity index (χ3n) is 2.78. The number of fused-ring (bicyclic) bond motifs is 1. The SMILES string of the molecule is COC(O)C1c2ccccc2CC1[O-]. The summed E-state index contributed by atoms with van der Waals surface area (Å²) in [5, 5.41) is 21.2. The fraction of sp³-hybridized carbons (Fsp3) is 0.455. The number of benzene rings is 1. The Hall–Kier alpha value is -0.900. The van der Waals surface area contributed by atoms with E-state index < -0.39 is 18.3 Å². The molecule has 3 heteroatoms. The summed E-state index contributed by atoms with van der Waals surface area (Å²) < 4.78 is 4.82. The highest BCUT2D eigenvalue weighted by molar-refractivity contribution is 5.37. The molecule has 76 valence electrons. The predicted molar refractivity (Wildman–Crippen MR) is 49.7 cm³/mol. The van der Waals surface area contributed by atoms with Crippen LogP contribution < -0.4 is 5.11 Å². The smallest absolute Gasteiger partial charge is 0.159 e. The Kier molecular flexibility index (Phi) is 2.54. The average Bonchev–Trinajstić information content (AvgIpc) is 2.53. The van der Waals surface area contributed by atoms with E-state index in [1.54, 1.807) is 0 Å². The van der Waals surface area contributed by atoms with E-state index in [0.29, 0.717) is 6.42 Å². The average molecular weight is 193 g/mol. The lowest BCUT2D eigenvalue weighted by Gasteiger charge is -2.28. The molecule has 0 fully saturated rings. The fourth-order valence-electron chi connectivity index (χ4n) is 2.07. The molecular formula is C11H13O3-. The predicted octanol–water partition coefficient (Wildman–Crippen LogP) is 0.0200. The molecule has 1 aromatic carbocycles. The van der Waals surface area contributed by atoms with Crippen molar-refractivity contribution < 1.29 is 14.9 Å². The van der Waals surface area contributed by atoms with Gasteiger partial charge < -0.3 is 14.9 Å². The maximum Gasteiger partial charge on any atom is 0.159 e. The van der Waals surface area contributed by atoms with Gasteiger partial charge in [-0.05, 0) is 17.5 Å². The molecule has 0 aliphatic heterocycles. The van der Waals surface area contributed by atoms with E-state index in [1.165, 1.54) is 7.11 Å². The van der Waals surface area contributed by atoms with Crippen molar-refractivity contribution in [1.82, 2.24) is 0 Å². The van der Waals surface area contributed by atoms with Gasteiger partial charge in [0, 0.05) is 13.0 Å². The van der Waals surface area contributed by atoms with E-state index in [-0.39, 0.29) is 0 Å². The van der Waals surface area contributed by atoms with E-state index in [0.717, 1.165) is 11.1 Å². The molecule has 1 aliphatic rings. The van der Waals surface area contributed by atoms with Gasteiger partial charge in [-0.2, -0.15) is 0 Å². The second-order valence-corrected chi connectivity index (χ2v) is 3.59. The molecule has 0 aromatic heterocycles. The summed E-state index contributed by atoms with van der Waals surface area (Å²) in [5.74, 6) is -0.420. The topological polar surface area (TPSA) is 52.5 Å². The lowest BCUT2D eigenvalue weighted by atomic mass is 9.99. The molecule has 14 heavy (non-hydrogen) atoms. The molecule has 1 aromatic rings. The monoisotopic (exact) mass is 193 g/mol. The maximum atomic E-state index is 11.7. The van der Waals surface area contributed by atoms with Crippen LogP contribution in [0.2, 0.25) is 0 Å². The third kappa shape index (κ3) is 1.43. The van der Waals surface area contributed by atoms with Crippen molar-refractivity contribution in [2.24, 2.45) is 0 Å². The Balaban J connectivity index is 2.34. The molecule has 0 saturated carbocycles. The first-order valence-electron chi connectivity index (χ1n) is 4.68. The summed E-state index contributed by atoms with van der Waals surface area (Å²) in [6.45, 7) is 0. The number of aliphatic hydroxyl groups is 1. The number of methoxy groups -OCH3 is 1. The zero-order valence-electron chi connectivity index (χ0n) is 8.01. The van der Waals surface area contributed by atoms with Crippen LogP contribution in [0.1, 0.15) is 17.0 Å². The van der Waals surface area contributed by atoms with E-state index in [9.17, 15) is 10.2 Å². The largest absolute Gasteiger partial charge is 0.851 e. The van der Waals surface area contributed by atoms with Crippen LogP contribution in [0.15, 0.2) is 24.3 Å². The number of ether oxygens (including phenoxy) is 1. The van der Waals surface area contributed by atoms with Crippen LogP contribution in [-0.2, 0) is 11.2 Å². The number of rotatable bonds is 2. The first kappa shape index (κ1) is 9.65. The summed E-state index contributed by atoms with van der Waals surface area (Å²) in [7, 11) is 1.42. The normalized spacial score (nSPS) is 27.4. The molecule has 1 N–H and O–H groups in total. The molecule has 0 radical (unpaired) electrons. The molecular weight excluding hydrogens is 180 g/mol. The van der Waals surface area contributed by atoms with E-state index >= 15 is 0 Å². The van der Waals surface area contributed by atoms with Crippen LogP contribution in [0.4, 0.5) is 0 Å². The van der Waals surface area contributed by atoms with Crippen LogP contribution in [-0.4, -0.2) is 24.6 Å². The third-order valence-corrected chi connectivity index (χ3v) is 2.78. The first-order chi connectivity index (χ1) is 6.74. The van der Waals surface area contributed by atoms with Gasteiger partial charge in [0.1, 0.15) is 0 Å². The second kappa shape index (κ2) is 3.69. The van der Waals surface area contributed by atoms with Crippen LogP contribution in [0, 0.1) is 0 Å². The van der Waals surface area contributed by atoms with E-state index in [2.05, 4.69) is 0 Å². The maximum absolute atomic E-state index is 11.7. The Morgan fingerprint density at radius 1 is 1.50 bits per heavy atom. The Morgan fingerprint density at radius 3 is 2.93 bits per heavy atom. The number of aliphatic hydroxyl groups excluding tert-OH is 1. The quantitative estimate of drug-likeness (QED) is 0.674. The van der Waals surface area contributed by atoms with Crippen LogP contribution in [0.3, 0.4) is 0 Å². The molecule has 2 rings (SSSR count). The van der Waals surface area contributed by atoms with Crippen molar-refractivity contribution in [2.45, 2.75) is 24.7 Å². The van der Waals surface area contributed by atoms with Gasteiger partial charge in [-0.3, -0.25) is 0 Å². The van der Waals surface area contributed by atoms with Crippen molar-refractivity contribution in [1.29, 1.82) is 0 Å². The summed E-state index contributed by atoms with van der Waals surface area (Å²) in [4.78, 5) is 0. The van der Waals surface area contributed by atoms with Crippen molar-refractivity contribution in [3.8, 4) is 0 Å². The highest BCUT2D eigenvalue weighted by Gasteiger charge is 2.30. The molecule has 0 spiro atoms. The van der Waals surface area contributed by atoms with Crippen molar-refractivity contribution >= 4 is 0 Å². The zero-order valence-corrected chi connectivity index (χ0v) is 8.01. The molecule has 0 saturated heterocycles. The fourth-order valence-corrected chi connectivity index (χ4v) is 2.07. The van der Waals surface area contributed by atoms with Crippen LogP contribution in [0.25, 0.3) is 0 Å². The Morgan fingerprint density at radius 2 is 2.21 bits per heavy atom. The molecule has 0 amide bonds. The minimum atomic E-state index is -0.985. The van der Waals surface area contributed by atoms with Gasteiger partial charge >= 0.3 is 0 Å². The van der Waals surface area contributed by atoms with Gasteiger partial charge in [-0.15, -0.1) is 6.10 Å². The number of hydrogen-bond acceptors (Lipinski definition) is 3. The zero-order chi connectivity index (χ0) is 10.1. The lowest BCUT2D eigenvalue weighted by Crippen LogP contribution is -2.36. The summed E-state index contributed by atoms with van der Waals surface area (Å²) >= 11 is 0. The summed E-state index contributed by atoms with van der Waals surface area (Å²) in [5.41, 5.74) is 1.97. The Bertz CT molecular complexity index is 320. The van der Waals surface area contributed by atoms with Gasteiger partial charge in [-0.1, -0.05) is 24.3 Å².